The van der Waals surface area contributed by atoms with Crippen molar-refractivity contribution in [1.29, 1.82) is 0 Å². The van der Waals surface area contributed by atoms with Crippen molar-refractivity contribution in [2.75, 3.05) is 37.4 Å². The van der Waals surface area contributed by atoms with Crippen LogP contribution in [0.5, 0.6) is 0 Å². The summed E-state index contributed by atoms with van der Waals surface area (Å²) in [5.74, 6) is 0.115. The number of rotatable bonds is 3. The molecule has 0 radical (unpaired) electrons. The van der Waals surface area contributed by atoms with Crippen molar-refractivity contribution in [1.82, 2.24) is 5.32 Å². The molecule has 1 unspecified atom stereocenters. The second-order valence-electron chi connectivity index (χ2n) is 4.73. The molecule has 1 aliphatic rings. The molecule has 5 heteroatoms. The first-order chi connectivity index (χ1) is 8.58. The summed E-state index contributed by atoms with van der Waals surface area (Å²) in [6, 6.07) is 5.52. The molecule has 2 N–H and O–H groups in total. The van der Waals surface area contributed by atoms with E-state index in [9.17, 15) is 4.79 Å². The van der Waals surface area contributed by atoms with Gasteiger partial charge >= 0.3 is 0 Å². The molecule has 0 bridgehead atoms. The zero-order valence-electron chi connectivity index (χ0n) is 10.7. The Balaban J connectivity index is 2.16. The van der Waals surface area contributed by atoms with Gasteiger partial charge in [-0.2, -0.15) is 0 Å². The Morgan fingerprint density at radius 1 is 1.50 bits per heavy atom. The van der Waals surface area contributed by atoms with Crippen LogP contribution in [0.15, 0.2) is 18.2 Å². The fourth-order valence-corrected chi connectivity index (χ4v) is 2.28. The summed E-state index contributed by atoms with van der Waals surface area (Å²) in [6.45, 7) is 1.66. The molecule has 4 nitrogen and oxygen atoms in total. The molecule has 2 rings (SSSR count). The van der Waals surface area contributed by atoms with Gasteiger partial charge in [-0.25, -0.2) is 0 Å². The number of hydrogen-bond acceptors (Lipinski definition) is 3. The molecule has 0 aromatic heterocycles. The predicted molar refractivity (Wildman–Crippen MR) is 75.4 cm³/mol. The maximum Gasteiger partial charge on any atom is 0.228 e. The standard InChI is InChI=1S/C13H18ClN3O/c1-17(2)12-4-3-10(14)7-11(12)16-13(18)9-5-6-15-8-9/h3-4,7,9,15H,5-6,8H2,1-2H3,(H,16,18). The summed E-state index contributed by atoms with van der Waals surface area (Å²) in [7, 11) is 3.88. The van der Waals surface area contributed by atoms with Crippen molar-refractivity contribution in [3.8, 4) is 0 Å². The molecular weight excluding hydrogens is 250 g/mol. The summed E-state index contributed by atoms with van der Waals surface area (Å²) < 4.78 is 0. The number of carbonyl (C=O) groups is 1. The van der Waals surface area contributed by atoms with Crippen LogP contribution in [0.3, 0.4) is 0 Å². The van der Waals surface area contributed by atoms with Crippen LogP contribution < -0.4 is 15.5 Å². The van der Waals surface area contributed by atoms with Crippen molar-refractivity contribution >= 4 is 28.9 Å². The van der Waals surface area contributed by atoms with Crippen LogP contribution in [0.1, 0.15) is 6.42 Å². The molecule has 0 aliphatic carbocycles. The third-order valence-electron chi connectivity index (χ3n) is 3.13. The van der Waals surface area contributed by atoms with E-state index in [1.807, 2.05) is 31.1 Å². The van der Waals surface area contributed by atoms with Crippen LogP contribution in [0.4, 0.5) is 11.4 Å². The number of carbonyl (C=O) groups excluding carboxylic acids is 1. The normalized spacial score (nSPS) is 18.7. The molecular formula is C13H18ClN3O. The van der Waals surface area contributed by atoms with E-state index in [0.717, 1.165) is 30.9 Å². The highest BCUT2D eigenvalue weighted by molar-refractivity contribution is 6.31. The summed E-state index contributed by atoms with van der Waals surface area (Å²) >= 11 is 5.98. The maximum atomic E-state index is 12.1. The molecule has 1 fully saturated rings. The molecule has 1 saturated heterocycles. The Bertz CT molecular complexity index is 442. The average molecular weight is 268 g/mol. The molecule has 0 saturated carbocycles. The molecule has 1 amide bonds. The van der Waals surface area contributed by atoms with Crippen LogP contribution in [0.2, 0.25) is 5.02 Å². The summed E-state index contributed by atoms with van der Waals surface area (Å²) in [6.07, 6.45) is 0.893. The minimum Gasteiger partial charge on any atom is -0.376 e. The minimum atomic E-state index is 0.0546. The molecule has 1 heterocycles. The van der Waals surface area contributed by atoms with Crippen molar-refractivity contribution in [3.63, 3.8) is 0 Å². The fraction of sp³-hybridized carbons (Fsp3) is 0.462. The predicted octanol–water partition coefficient (Wildman–Crippen LogP) is 1.95. The van der Waals surface area contributed by atoms with Gasteiger partial charge in [0.1, 0.15) is 0 Å². The lowest BCUT2D eigenvalue weighted by atomic mass is 10.1. The number of hydrogen-bond donors (Lipinski definition) is 2. The molecule has 1 aliphatic heterocycles. The molecule has 0 spiro atoms. The van der Waals surface area contributed by atoms with E-state index in [2.05, 4.69) is 10.6 Å². The Labute approximate surface area is 112 Å². The van der Waals surface area contributed by atoms with E-state index in [-0.39, 0.29) is 11.8 Å². The number of amides is 1. The van der Waals surface area contributed by atoms with Gasteiger partial charge < -0.3 is 15.5 Å². The highest BCUT2D eigenvalue weighted by Crippen LogP contribution is 2.28. The first-order valence-electron chi connectivity index (χ1n) is 6.06. The van der Waals surface area contributed by atoms with Gasteiger partial charge in [0.25, 0.3) is 0 Å². The topological polar surface area (TPSA) is 44.4 Å². The van der Waals surface area contributed by atoms with Gasteiger partial charge in [0, 0.05) is 25.7 Å². The van der Waals surface area contributed by atoms with Gasteiger partial charge in [-0.3, -0.25) is 4.79 Å². The number of nitrogens with one attached hydrogen (secondary N) is 2. The van der Waals surface area contributed by atoms with Gasteiger partial charge in [0.05, 0.1) is 17.3 Å². The van der Waals surface area contributed by atoms with Gasteiger partial charge in [-0.1, -0.05) is 11.6 Å². The van der Waals surface area contributed by atoms with Crippen LogP contribution in [-0.4, -0.2) is 33.1 Å². The Hall–Kier alpha value is -1.26. The minimum absolute atomic E-state index is 0.0546. The SMILES string of the molecule is CN(C)c1ccc(Cl)cc1NC(=O)C1CCNC1. The van der Waals surface area contributed by atoms with Crippen LogP contribution in [0.25, 0.3) is 0 Å². The maximum absolute atomic E-state index is 12.1. The lowest BCUT2D eigenvalue weighted by molar-refractivity contribution is -0.119. The zero-order chi connectivity index (χ0) is 13.1. The fourth-order valence-electron chi connectivity index (χ4n) is 2.11. The summed E-state index contributed by atoms with van der Waals surface area (Å²) in [4.78, 5) is 14.0. The van der Waals surface area contributed by atoms with Gasteiger partial charge in [-0.15, -0.1) is 0 Å². The Morgan fingerprint density at radius 2 is 2.28 bits per heavy atom. The first-order valence-corrected chi connectivity index (χ1v) is 6.44. The number of anilines is 2. The lowest BCUT2D eigenvalue weighted by Gasteiger charge is -2.19. The molecule has 98 valence electrons. The van der Waals surface area contributed by atoms with Crippen molar-refractivity contribution in [3.05, 3.63) is 23.2 Å². The Morgan fingerprint density at radius 3 is 2.89 bits per heavy atom. The van der Waals surface area contributed by atoms with Crippen molar-refractivity contribution in [2.45, 2.75) is 6.42 Å². The van der Waals surface area contributed by atoms with Crippen molar-refractivity contribution < 1.29 is 4.79 Å². The van der Waals surface area contributed by atoms with E-state index < -0.39 is 0 Å². The van der Waals surface area contributed by atoms with E-state index >= 15 is 0 Å². The van der Waals surface area contributed by atoms with E-state index in [1.165, 1.54) is 0 Å². The highest BCUT2D eigenvalue weighted by Gasteiger charge is 2.23. The van der Waals surface area contributed by atoms with E-state index in [1.54, 1.807) is 6.07 Å². The first kappa shape index (κ1) is 13.2. The average Bonchev–Trinajstić information content (AvgIpc) is 2.81. The van der Waals surface area contributed by atoms with Crippen LogP contribution in [0, 0.1) is 5.92 Å². The summed E-state index contributed by atoms with van der Waals surface area (Å²) in [5.41, 5.74) is 1.73. The third kappa shape index (κ3) is 2.94. The number of nitrogens with zero attached hydrogens (tertiary/aromatic N) is 1. The summed E-state index contributed by atoms with van der Waals surface area (Å²) in [5, 5.41) is 6.79. The van der Waals surface area contributed by atoms with Crippen LogP contribution in [-0.2, 0) is 4.79 Å². The number of benzene rings is 1. The quantitative estimate of drug-likeness (QED) is 0.880. The molecule has 1 atom stereocenters. The zero-order valence-corrected chi connectivity index (χ0v) is 11.4. The largest absolute Gasteiger partial charge is 0.376 e. The monoisotopic (exact) mass is 267 g/mol. The second kappa shape index (κ2) is 5.59. The highest BCUT2D eigenvalue weighted by atomic mass is 35.5. The second-order valence-corrected chi connectivity index (χ2v) is 5.17. The Kier molecular flexibility index (Phi) is 4.09. The molecule has 1 aromatic rings. The van der Waals surface area contributed by atoms with Crippen molar-refractivity contribution in [2.24, 2.45) is 5.92 Å². The van der Waals surface area contributed by atoms with E-state index in [4.69, 9.17) is 11.6 Å². The third-order valence-corrected chi connectivity index (χ3v) is 3.36. The van der Waals surface area contributed by atoms with Gasteiger partial charge in [-0.05, 0) is 31.2 Å². The smallest absolute Gasteiger partial charge is 0.228 e. The molecule has 18 heavy (non-hydrogen) atoms. The van der Waals surface area contributed by atoms with E-state index in [0.29, 0.717) is 5.02 Å². The number of halogens is 1. The van der Waals surface area contributed by atoms with Gasteiger partial charge in [0.2, 0.25) is 5.91 Å². The molecule has 1 aromatic carbocycles. The van der Waals surface area contributed by atoms with Crippen LogP contribution >= 0.6 is 11.6 Å². The van der Waals surface area contributed by atoms with Gasteiger partial charge in [0.15, 0.2) is 0 Å². The lowest BCUT2D eigenvalue weighted by Crippen LogP contribution is -2.25.